The average Bonchev–Trinajstić information content (AvgIpc) is 3.25. The van der Waals surface area contributed by atoms with Gasteiger partial charge in [-0.3, -0.25) is 4.90 Å². The van der Waals surface area contributed by atoms with E-state index in [-0.39, 0.29) is 5.69 Å². The Hall–Kier alpha value is -2.79. The number of hydrogen-bond acceptors (Lipinski definition) is 2. The molecule has 2 unspecified atom stereocenters. The van der Waals surface area contributed by atoms with Gasteiger partial charge in [-0.1, -0.05) is 60.7 Å². The summed E-state index contributed by atoms with van der Waals surface area (Å²) in [5.74, 6) is -2.03. The first-order chi connectivity index (χ1) is 14.6. The van der Waals surface area contributed by atoms with Crippen molar-refractivity contribution in [2.24, 2.45) is 11.8 Å². The van der Waals surface area contributed by atoms with Gasteiger partial charge >= 0.3 is 0 Å². The first-order valence-corrected chi connectivity index (χ1v) is 10.3. The second kappa shape index (κ2) is 7.80. The first-order valence-electron chi connectivity index (χ1n) is 10.3. The Morgan fingerprint density at radius 3 is 1.73 bits per heavy atom. The van der Waals surface area contributed by atoms with Crippen molar-refractivity contribution in [3.05, 3.63) is 101 Å². The van der Waals surface area contributed by atoms with Crippen LogP contribution in [-0.4, -0.2) is 24.0 Å². The lowest BCUT2D eigenvalue weighted by molar-refractivity contribution is 0.222. The number of hydrogen-bond donors (Lipinski definition) is 0. The molecule has 5 rings (SSSR count). The van der Waals surface area contributed by atoms with E-state index in [1.807, 2.05) is 17.0 Å². The highest BCUT2D eigenvalue weighted by Crippen LogP contribution is 2.51. The van der Waals surface area contributed by atoms with E-state index in [1.54, 1.807) is 0 Å². The lowest BCUT2D eigenvalue weighted by Gasteiger charge is -2.29. The number of fused-ring (bicyclic) bond motifs is 1. The van der Waals surface area contributed by atoms with Crippen molar-refractivity contribution < 1.29 is 13.2 Å². The van der Waals surface area contributed by atoms with Crippen LogP contribution in [0.2, 0.25) is 0 Å². The van der Waals surface area contributed by atoms with Gasteiger partial charge in [-0.25, -0.2) is 13.2 Å². The molecule has 2 atom stereocenters. The van der Waals surface area contributed by atoms with E-state index in [0.29, 0.717) is 37.0 Å². The van der Waals surface area contributed by atoms with Crippen molar-refractivity contribution in [1.29, 1.82) is 0 Å². The van der Waals surface area contributed by atoms with Crippen molar-refractivity contribution in [1.82, 2.24) is 4.90 Å². The molecule has 1 aliphatic heterocycles. The highest BCUT2D eigenvalue weighted by atomic mass is 19.2. The molecule has 1 heterocycles. The SMILES string of the molecule is Fc1cc(F)c(N2CC3C(C2)C3N(Cc2ccccc2)Cc2ccccc2)cc1F. The van der Waals surface area contributed by atoms with E-state index < -0.39 is 17.5 Å². The molecule has 0 amide bonds. The normalized spacial score (nSPS) is 22.4. The number of nitrogens with zero attached hydrogens (tertiary/aromatic N) is 2. The molecule has 2 aliphatic rings. The maximum atomic E-state index is 14.2. The summed E-state index contributed by atoms with van der Waals surface area (Å²) in [5.41, 5.74) is 2.70. The third-order valence-corrected chi connectivity index (χ3v) is 6.36. The van der Waals surface area contributed by atoms with Gasteiger partial charge in [0, 0.05) is 44.4 Å². The molecule has 154 valence electrons. The van der Waals surface area contributed by atoms with Crippen LogP contribution >= 0.6 is 0 Å². The van der Waals surface area contributed by atoms with Crippen LogP contribution in [0.4, 0.5) is 18.9 Å². The monoisotopic (exact) mass is 408 g/mol. The Kier molecular flexibility index (Phi) is 4.99. The lowest BCUT2D eigenvalue weighted by atomic mass is 10.1. The Morgan fingerprint density at radius 1 is 0.700 bits per heavy atom. The van der Waals surface area contributed by atoms with E-state index in [0.717, 1.165) is 19.2 Å². The zero-order valence-corrected chi connectivity index (χ0v) is 16.5. The molecule has 30 heavy (non-hydrogen) atoms. The van der Waals surface area contributed by atoms with Gasteiger partial charge in [0.05, 0.1) is 5.69 Å². The quantitative estimate of drug-likeness (QED) is 0.515. The molecule has 0 N–H and O–H groups in total. The van der Waals surface area contributed by atoms with Gasteiger partial charge in [-0.15, -0.1) is 0 Å². The molecule has 0 aromatic heterocycles. The molecule has 3 aromatic rings. The third kappa shape index (κ3) is 3.70. The van der Waals surface area contributed by atoms with Gasteiger partial charge in [-0.05, 0) is 23.0 Å². The van der Waals surface area contributed by atoms with E-state index in [9.17, 15) is 13.2 Å². The average molecular weight is 408 g/mol. The number of piperidine rings is 1. The van der Waals surface area contributed by atoms with E-state index >= 15 is 0 Å². The first kappa shape index (κ1) is 19.2. The molecule has 2 nitrogen and oxygen atoms in total. The van der Waals surface area contributed by atoms with E-state index in [1.165, 1.54) is 11.1 Å². The van der Waals surface area contributed by atoms with E-state index in [2.05, 4.69) is 53.4 Å². The molecule has 0 bridgehead atoms. The lowest BCUT2D eigenvalue weighted by Crippen LogP contribution is -2.34. The molecule has 1 aliphatic carbocycles. The zero-order valence-electron chi connectivity index (χ0n) is 16.5. The molecule has 0 radical (unpaired) electrons. The van der Waals surface area contributed by atoms with Crippen molar-refractivity contribution in [3.63, 3.8) is 0 Å². The molecular weight excluding hydrogens is 385 g/mol. The van der Waals surface area contributed by atoms with Crippen LogP contribution < -0.4 is 4.90 Å². The number of rotatable bonds is 6. The van der Waals surface area contributed by atoms with Crippen molar-refractivity contribution >= 4 is 5.69 Å². The Morgan fingerprint density at radius 2 is 1.20 bits per heavy atom. The smallest absolute Gasteiger partial charge is 0.161 e. The minimum absolute atomic E-state index is 0.164. The Bertz CT molecular complexity index is 972. The van der Waals surface area contributed by atoms with Crippen LogP contribution in [0.25, 0.3) is 0 Å². The summed E-state index contributed by atoms with van der Waals surface area (Å²) in [6, 6.07) is 22.8. The largest absolute Gasteiger partial charge is 0.368 e. The minimum Gasteiger partial charge on any atom is -0.368 e. The summed E-state index contributed by atoms with van der Waals surface area (Å²) in [4.78, 5) is 4.35. The highest BCUT2D eigenvalue weighted by Gasteiger charge is 2.58. The predicted octanol–water partition coefficient (Wildman–Crippen LogP) is 5.24. The maximum Gasteiger partial charge on any atom is 0.161 e. The Labute approximate surface area is 174 Å². The summed E-state index contributed by atoms with van der Waals surface area (Å²) in [6.45, 7) is 3.04. The number of anilines is 1. The molecule has 1 saturated carbocycles. The zero-order chi connectivity index (χ0) is 20.7. The maximum absolute atomic E-state index is 14.2. The highest BCUT2D eigenvalue weighted by molar-refractivity contribution is 5.51. The summed E-state index contributed by atoms with van der Waals surface area (Å²) >= 11 is 0. The third-order valence-electron chi connectivity index (χ3n) is 6.36. The molecule has 3 aromatic carbocycles. The standard InChI is InChI=1S/C25H23F3N2/c26-21-11-23(28)24(12-22(21)27)29-15-19-20(16-29)25(19)30(13-17-7-3-1-4-8-17)14-18-9-5-2-6-10-18/h1-12,19-20,25H,13-16H2. The van der Waals surface area contributed by atoms with Crippen LogP contribution in [0, 0.1) is 29.3 Å². The fourth-order valence-corrected chi connectivity index (χ4v) is 4.89. The van der Waals surface area contributed by atoms with Gasteiger partial charge in [0.25, 0.3) is 0 Å². The summed E-state index contributed by atoms with van der Waals surface area (Å²) in [6.07, 6.45) is 0. The van der Waals surface area contributed by atoms with Crippen molar-refractivity contribution in [3.8, 4) is 0 Å². The van der Waals surface area contributed by atoms with E-state index in [4.69, 9.17) is 0 Å². The van der Waals surface area contributed by atoms with Crippen LogP contribution in [0.3, 0.4) is 0 Å². The van der Waals surface area contributed by atoms with Crippen LogP contribution in [-0.2, 0) is 13.1 Å². The summed E-state index contributed by atoms with van der Waals surface area (Å²) < 4.78 is 41.1. The van der Waals surface area contributed by atoms with Crippen molar-refractivity contribution in [2.75, 3.05) is 18.0 Å². The number of benzene rings is 3. The van der Waals surface area contributed by atoms with Crippen LogP contribution in [0.1, 0.15) is 11.1 Å². The van der Waals surface area contributed by atoms with Gasteiger partial charge in [0.1, 0.15) is 5.82 Å². The predicted molar refractivity (Wildman–Crippen MR) is 111 cm³/mol. The fourth-order valence-electron chi connectivity index (χ4n) is 4.89. The second-order valence-electron chi connectivity index (χ2n) is 8.32. The fraction of sp³-hybridized carbons (Fsp3) is 0.280. The van der Waals surface area contributed by atoms with Crippen LogP contribution in [0.15, 0.2) is 72.8 Å². The topological polar surface area (TPSA) is 6.48 Å². The molecule has 0 spiro atoms. The summed E-state index contributed by atoms with van der Waals surface area (Å²) in [5, 5.41) is 0. The van der Waals surface area contributed by atoms with Gasteiger partial charge in [0.2, 0.25) is 0 Å². The molecule has 5 heteroatoms. The molecule has 2 fully saturated rings. The minimum atomic E-state index is -1.14. The number of halogens is 3. The van der Waals surface area contributed by atoms with Gasteiger partial charge < -0.3 is 4.90 Å². The molecule has 1 saturated heterocycles. The summed E-state index contributed by atoms with van der Waals surface area (Å²) in [7, 11) is 0. The van der Waals surface area contributed by atoms with Crippen LogP contribution in [0.5, 0.6) is 0 Å². The Balaban J connectivity index is 1.32. The molecular formula is C25H23F3N2. The van der Waals surface area contributed by atoms with Gasteiger partial charge in [0.15, 0.2) is 11.6 Å². The second-order valence-corrected chi connectivity index (χ2v) is 8.32. The van der Waals surface area contributed by atoms with Gasteiger partial charge in [-0.2, -0.15) is 0 Å². The van der Waals surface area contributed by atoms with Crippen molar-refractivity contribution in [2.45, 2.75) is 19.1 Å².